The van der Waals surface area contributed by atoms with E-state index in [1.807, 2.05) is 0 Å². The van der Waals surface area contributed by atoms with Crippen molar-refractivity contribution < 1.29 is 17.4 Å². The van der Waals surface area contributed by atoms with E-state index in [2.05, 4.69) is 0 Å². The second kappa shape index (κ2) is 1.41. The van der Waals surface area contributed by atoms with Crippen LogP contribution in [-0.2, 0) is 10.1 Å². The van der Waals surface area contributed by atoms with Crippen LogP contribution in [0.25, 0.3) is 0 Å². The van der Waals surface area contributed by atoms with Crippen molar-refractivity contribution in [2.24, 2.45) is 0 Å². The van der Waals surface area contributed by atoms with Gasteiger partial charge in [-0.05, 0) is 0 Å². The van der Waals surface area contributed by atoms with Crippen LogP contribution in [0.1, 0.15) is 6.42 Å². The van der Waals surface area contributed by atoms with Crippen LogP contribution in [0, 0.1) is 0 Å². The summed E-state index contributed by atoms with van der Waals surface area (Å²) in [7, 11) is -4.05. The van der Waals surface area contributed by atoms with E-state index >= 15 is 0 Å². The Kier molecular flexibility index (Phi) is 1.06. The van der Waals surface area contributed by atoms with Gasteiger partial charge in [-0.3, -0.25) is 4.55 Å². The van der Waals surface area contributed by atoms with Crippen molar-refractivity contribution in [3.8, 4) is 0 Å². The van der Waals surface area contributed by atoms with Crippen LogP contribution >= 0.6 is 0 Å². The molecule has 1 fully saturated rings. The van der Waals surface area contributed by atoms with Crippen LogP contribution in [0.2, 0.25) is 0 Å². The quantitative estimate of drug-likeness (QED) is 0.521. The summed E-state index contributed by atoms with van der Waals surface area (Å²) in [6.07, 6.45) is -1.37. The third-order valence-electron chi connectivity index (χ3n) is 1.04. The first-order valence-electron chi connectivity index (χ1n) is 2.12. The number of hydrogen-bond donors (Lipinski definition) is 1. The van der Waals surface area contributed by atoms with Crippen LogP contribution in [0.3, 0.4) is 0 Å². The molecule has 0 bridgehead atoms. The average Bonchev–Trinajstić information content (AvgIpc) is 2.13. The monoisotopic (exact) mass is 140 g/mol. The molecule has 0 amide bonds. The van der Waals surface area contributed by atoms with Gasteiger partial charge in [-0.2, -0.15) is 8.42 Å². The Labute approximate surface area is 46.3 Å². The van der Waals surface area contributed by atoms with E-state index in [4.69, 9.17) is 4.55 Å². The molecule has 2 atom stereocenters. The summed E-state index contributed by atoms with van der Waals surface area (Å²) in [5.41, 5.74) is 0. The van der Waals surface area contributed by atoms with Crippen molar-refractivity contribution in [2.45, 2.75) is 17.8 Å². The molecule has 0 aromatic rings. The summed E-state index contributed by atoms with van der Waals surface area (Å²) in [6, 6.07) is 0. The molecule has 1 N–H and O–H groups in total. The topological polar surface area (TPSA) is 54.4 Å². The normalized spacial score (nSPS) is 37.2. The highest BCUT2D eigenvalue weighted by atomic mass is 32.2. The zero-order valence-electron chi connectivity index (χ0n) is 3.91. The average molecular weight is 140 g/mol. The van der Waals surface area contributed by atoms with Gasteiger partial charge in [-0.1, -0.05) is 0 Å². The number of halogens is 1. The van der Waals surface area contributed by atoms with Gasteiger partial charge in [-0.15, -0.1) is 0 Å². The first-order chi connectivity index (χ1) is 3.52. The van der Waals surface area contributed by atoms with E-state index in [0.717, 1.165) is 0 Å². The molecule has 48 valence electrons. The van der Waals surface area contributed by atoms with Gasteiger partial charge in [0.05, 0.1) is 0 Å². The SMILES string of the molecule is O=S(=O)(O)[C@H]1C[C@H]1F. The highest BCUT2D eigenvalue weighted by molar-refractivity contribution is 7.86. The van der Waals surface area contributed by atoms with Gasteiger partial charge in [0.15, 0.2) is 0 Å². The van der Waals surface area contributed by atoms with Crippen molar-refractivity contribution >= 4 is 10.1 Å². The first-order valence-corrected chi connectivity index (χ1v) is 3.62. The van der Waals surface area contributed by atoms with Crippen LogP contribution < -0.4 is 0 Å². The Morgan fingerprint density at radius 2 is 2.00 bits per heavy atom. The molecule has 1 aliphatic carbocycles. The van der Waals surface area contributed by atoms with Gasteiger partial charge in [0.1, 0.15) is 11.4 Å². The summed E-state index contributed by atoms with van der Waals surface area (Å²) in [4.78, 5) is 0. The fourth-order valence-corrected chi connectivity index (χ4v) is 1.25. The lowest BCUT2D eigenvalue weighted by Gasteiger charge is -1.84. The minimum atomic E-state index is -4.05. The van der Waals surface area contributed by atoms with Crippen LogP contribution in [0.15, 0.2) is 0 Å². The van der Waals surface area contributed by atoms with Gasteiger partial charge in [0, 0.05) is 6.42 Å². The highest BCUT2D eigenvalue weighted by Gasteiger charge is 2.47. The number of hydrogen-bond acceptors (Lipinski definition) is 2. The van der Waals surface area contributed by atoms with Gasteiger partial charge in [0.25, 0.3) is 10.1 Å². The predicted octanol–water partition coefficient (Wildman–Crippen LogP) is -0.0154. The van der Waals surface area contributed by atoms with Crippen LogP contribution in [0.4, 0.5) is 4.39 Å². The molecule has 0 spiro atoms. The maximum absolute atomic E-state index is 11.7. The van der Waals surface area contributed by atoms with E-state index in [-0.39, 0.29) is 6.42 Å². The van der Waals surface area contributed by atoms with Crippen molar-refractivity contribution in [3.05, 3.63) is 0 Å². The minimum Gasteiger partial charge on any atom is -0.285 e. The maximum Gasteiger partial charge on any atom is 0.270 e. The highest BCUT2D eigenvalue weighted by Crippen LogP contribution is 2.31. The number of rotatable bonds is 1. The summed E-state index contributed by atoms with van der Waals surface area (Å²) in [6.45, 7) is 0. The molecule has 0 unspecified atom stereocenters. The van der Waals surface area contributed by atoms with Crippen LogP contribution in [-0.4, -0.2) is 24.4 Å². The third-order valence-corrected chi connectivity index (χ3v) is 2.29. The van der Waals surface area contributed by atoms with E-state index < -0.39 is 21.5 Å². The molecule has 0 aromatic heterocycles. The van der Waals surface area contributed by atoms with E-state index in [1.54, 1.807) is 0 Å². The fourth-order valence-electron chi connectivity index (χ4n) is 0.452. The largest absolute Gasteiger partial charge is 0.285 e. The summed E-state index contributed by atoms with van der Waals surface area (Å²) in [5, 5.41) is -1.12. The predicted molar refractivity (Wildman–Crippen MR) is 24.8 cm³/mol. The zero-order chi connectivity index (χ0) is 6.36. The molecule has 8 heavy (non-hydrogen) atoms. The Bertz CT molecular complexity index is 185. The van der Waals surface area contributed by atoms with E-state index in [1.165, 1.54) is 0 Å². The maximum atomic E-state index is 11.7. The Hall–Kier alpha value is -0.160. The molecule has 0 aliphatic heterocycles. The lowest BCUT2D eigenvalue weighted by atomic mass is 10.9. The van der Waals surface area contributed by atoms with Gasteiger partial charge in [-0.25, -0.2) is 4.39 Å². The summed E-state index contributed by atoms with van der Waals surface area (Å²) in [5.74, 6) is 0. The Morgan fingerprint density at radius 3 is 2.00 bits per heavy atom. The lowest BCUT2D eigenvalue weighted by Crippen LogP contribution is -2.06. The molecule has 0 radical (unpaired) electrons. The van der Waals surface area contributed by atoms with E-state index in [9.17, 15) is 12.8 Å². The molecule has 0 aromatic carbocycles. The molecule has 1 saturated carbocycles. The molecule has 0 heterocycles. The van der Waals surface area contributed by atoms with Crippen molar-refractivity contribution in [1.82, 2.24) is 0 Å². The van der Waals surface area contributed by atoms with Crippen molar-refractivity contribution in [3.63, 3.8) is 0 Å². The second-order valence-electron chi connectivity index (χ2n) is 1.81. The molecule has 1 rings (SSSR count). The first kappa shape index (κ1) is 5.97. The van der Waals surface area contributed by atoms with E-state index in [0.29, 0.717) is 0 Å². The van der Waals surface area contributed by atoms with Crippen molar-refractivity contribution in [2.75, 3.05) is 0 Å². The molecule has 0 saturated heterocycles. The van der Waals surface area contributed by atoms with Crippen molar-refractivity contribution in [1.29, 1.82) is 0 Å². The van der Waals surface area contributed by atoms with Gasteiger partial charge < -0.3 is 0 Å². The fraction of sp³-hybridized carbons (Fsp3) is 1.00. The second-order valence-corrected chi connectivity index (χ2v) is 3.44. The number of alkyl halides is 1. The molecular weight excluding hydrogens is 135 g/mol. The Balaban J connectivity index is 2.66. The summed E-state index contributed by atoms with van der Waals surface area (Å²) < 4.78 is 39.6. The third kappa shape index (κ3) is 0.976. The minimum absolute atomic E-state index is 0.0428. The molecule has 1 aliphatic rings. The molecule has 5 heteroatoms. The van der Waals surface area contributed by atoms with Gasteiger partial charge in [0.2, 0.25) is 0 Å². The zero-order valence-corrected chi connectivity index (χ0v) is 4.73. The lowest BCUT2D eigenvalue weighted by molar-refractivity contribution is 0.452. The standard InChI is InChI=1S/C3H5FO3S/c4-2-1-3(2)8(5,6)7/h2-3H,1H2,(H,5,6,7)/t2-,3+/m1/s1. The van der Waals surface area contributed by atoms with Crippen LogP contribution in [0.5, 0.6) is 0 Å². The van der Waals surface area contributed by atoms with Gasteiger partial charge >= 0.3 is 0 Å². The molecule has 3 nitrogen and oxygen atoms in total. The smallest absolute Gasteiger partial charge is 0.270 e. The Morgan fingerprint density at radius 1 is 1.62 bits per heavy atom. The molecular formula is C3H5FO3S. The summed E-state index contributed by atoms with van der Waals surface area (Å²) >= 11 is 0.